The summed E-state index contributed by atoms with van der Waals surface area (Å²) < 4.78 is 2.12. The topological polar surface area (TPSA) is 59.0 Å². The molecular formula is C25H26N4O. The molecule has 1 heterocycles. The summed E-state index contributed by atoms with van der Waals surface area (Å²) in [6.07, 6.45) is 3.44. The monoisotopic (exact) mass is 398 g/mol. The van der Waals surface area contributed by atoms with Crippen LogP contribution < -0.4 is 10.6 Å². The quantitative estimate of drug-likeness (QED) is 0.422. The number of rotatable bonds is 8. The molecule has 5 heteroatoms. The van der Waals surface area contributed by atoms with Crippen molar-refractivity contribution in [1.82, 2.24) is 20.2 Å². The van der Waals surface area contributed by atoms with Gasteiger partial charge in [0.15, 0.2) is 0 Å². The molecule has 1 aromatic heterocycles. The average Bonchev–Trinajstić information content (AvgIpc) is 3.21. The van der Waals surface area contributed by atoms with Gasteiger partial charge in [0.25, 0.3) is 0 Å². The summed E-state index contributed by atoms with van der Waals surface area (Å²) in [6.45, 7) is 1.41. The minimum Gasteiger partial charge on any atom is -0.338 e. The van der Waals surface area contributed by atoms with Crippen LogP contribution in [0.2, 0.25) is 0 Å². The van der Waals surface area contributed by atoms with E-state index < -0.39 is 0 Å². The molecule has 0 spiro atoms. The van der Waals surface area contributed by atoms with Crippen molar-refractivity contribution in [1.29, 1.82) is 0 Å². The molecule has 0 fully saturated rings. The van der Waals surface area contributed by atoms with Gasteiger partial charge in [-0.15, -0.1) is 0 Å². The lowest BCUT2D eigenvalue weighted by Crippen LogP contribution is -2.39. The third kappa shape index (κ3) is 5.06. The van der Waals surface area contributed by atoms with Crippen molar-refractivity contribution >= 4 is 17.1 Å². The Bertz CT molecular complexity index is 1080. The third-order valence-electron chi connectivity index (χ3n) is 5.18. The number of urea groups is 1. The molecule has 5 nitrogen and oxygen atoms in total. The maximum absolute atomic E-state index is 12.5. The number of amides is 2. The molecular weight excluding hydrogens is 372 g/mol. The van der Waals surface area contributed by atoms with E-state index in [1.807, 2.05) is 60.9 Å². The number of aromatic nitrogens is 2. The maximum Gasteiger partial charge on any atom is 0.315 e. The first kappa shape index (κ1) is 19.7. The second-order valence-electron chi connectivity index (χ2n) is 7.33. The standard InChI is InChI=1S/C25H26N4O/c30-25(26-16-9-17-29-19-27-22-14-7-8-15-24(22)29)28-23(21-12-5-2-6-13-21)18-20-10-3-1-4-11-20/h1-8,10-15,19,23H,9,16-18H2,(H2,26,28,30)/t23-/m1/s1. The van der Waals surface area contributed by atoms with E-state index in [1.54, 1.807) is 0 Å². The number of benzene rings is 3. The molecule has 2 N–H and O–H groups in total. The maximum atomic E-state index is 12.5. The molecule has 0 unspecified atom stereocenters. The van der Waals surface area contributed by atoms with Crippen LogP contribution in [0.25, 0.3) is 11.0 Å². The van der Waals surface area contributed by atoms with Crippen molar-refractivity contribution in [2.45, 2.75) is 25.4 Å². The first-order valence-corrected chi connectivity index (χ1v) is 10.3. The molecule has 0 saturated carbocycles. The summed E-state index contributed by atoms with van der Waals surface area (Å²) in [5.41, 5.74) is 4.41. The summed E-state index contributed by atoms with van der Waals surface area (Å²) in [4.78, 5) is 17.0. The Hall–Kier alpha value is -3.60. The number of carbonyl (C=O) groups is 1. The molecule has 0 aliphatic heterocycles. The van der Waals surface area contributed by atoms with Crippen molar-refractivity contribution in [2.75, 3.05) is 6.54 Å². The molecule has 0 aliphatic carbocycles. The van der Waals surface area contributed by atoms with Crippen LogP contribution in [0.5, 0.6) is 0 Å². The van der Waals surface area contributed by atoms with Gasteiger partial charge in [0.05, 0.1) is 23.4 Å². The molecule has 0 aliphatic rings. The molecule has 152 valence electrons. The van der Waals surface area contributed by atoms with E-state index in [0.29, 0.717) is 6.54 Å². The predicted octanol–water partition coefficient (Wildman–Crippen LogP) is 4.71. The Kier molecular flexibility index (Phi) is 6.40. The minimum atomic E-state index is -0.143. The van der Waals surface area contributed by atoms with Gasteiger partial charge in [-0.25, -0.2) is 9.78 Å². The van der Waals surface area contributed by atoms with Gasteiger partial charge >= 0.3 is 6.03 Å². The first-order valence-electron chi connectivity index (χ1n) is 10.3. The number of hydrogen-bond donors (Lipinski definition) is 2. The van der Waals surface area contributed by atoms with Gasteiger partial charge in [-0.3, -0.25) is 0 Å². The lowest BCUT2D eigenvalue weighted by atomic mass is 9.99. The third-order valence-corrected chi connectivity index (χ3v) is 5.18. The molecule has 0 radical (unpaired) electrons. The Morgan fingerprint density at radius 3 is 2.40 bits per heavy atom. The number of aryl methyl sites for hydroxylation is 1. The second-order valence-corrected chi connectivity index (χ2v) is 7.33. The number of carbonyl (C=O) groups excluding carboxylic acids is 1. The fourth-order valence-corrected chi connectivity index (χ4v) is 3.64. The van der Waals surface area contributed by atoms with Gasteiger partial charge in [0, 0.05) is 13.1 Å². The van der Waals surface area contributed by atoms with Crippen LogP contribution in [0.15, 0.2) is 91.3 Å². The zero-order valence-electron chi connectivity index (χ0n) is 16.9. The Morgan fingerprint density at radius 1 is 0.900 bits per heavy atom. The normalized spacial score (nSPS) is 11.9. The lowest BCUT2D eigenvalue weighted by molar-refractivity contribution is 0.236. The van der Waals surface area contributed by atoms with E-state index in [2.05, 4.69) is 50.5 Å². The van der Waals surface area contributed by atoms with Crippen LogP contribution in [0.4, 0.5) is 4.79 Å². The van der Waals surface area contributed by atoms with Crippen molar-refractivity contribution in [3.63, 3.8) is 0 Å². The number of nitrogens with one attached hydrogen (secondary N) is 2. The van der Waals surface area contributed by atoms with Crippen molar-refractivity contribution in [3.05, 3.63) is 102 Å². The number of nitrogens with zero attached hydrogens (tertiary/aromatic N) is 2. The smallest absolute Gasteiger partial charge is 0.315 e. The first-order chi connectivity index (χ1) is 14.8. The molecule has 4 rings (SSSR count). The van der Waals surface area contributed by atoms with Gasteiger partial charge in [0.1, 0.15) is 0 Å². The van der Waals surface area contributed by atoms with E-state index in [4.69, 9.17) is 0 Å². The van der Waals surface area contributed by atoms with Gasteiger partial charge in [0.2, 0.25) is 0 Å². The summed E-state index contributed by atoms with van der Waals surface area (Å²) in [7, 11) is 0. The molecule has 3 aromatic carbocycles. The summed E-state index contributed by atoms with van der Waals surface area (Å²) in [6, 6.07) is 28.2. The Labute approximate surface area is 176 Å². The molecule has 0 bridgehead atoms. The van der Waals surface area contributed by atoms with Gasteiger partial charge in [-0.05, 0) is 36.1 Å². The highest BCUT2D eigenvalue weighted by Crippen LogP contribution is 2.18. The second kappa shape index (κ2) is 9.74. The van der Waals surface area contributed by atoms with E-state index in [-0.39, 0.29) is 12.1 Å². The fourth-order valence-electron chi connectivity index (χ4n) is 3.64. The highest BCUT2D eigenvalue weighted by Gasteiger charge is 2.15. The molecule has 4 aromatic rings. The number of imidazole rings is 1. The summed E-state index contributed by atoms with van der Waals surface area (Å²) in [5.74, 6) is 0. The summed E-state index contributed by atoms with van der Waals surface area (Å²) >= 11 is 0. The average molecular weight is 399 g/mol. The highest BCUT2D eigenvalue weighted by atomic mass is 16.2. The number of fused-ring (bicyclic) bond motifs is 1. The van der Waals surface area contributed by atoms with Gasteiger partial charge in [-0.2, -0.15) is 0 Å². The van der Waals surface area contributed by atoms with E-state index in [9.17, 15) is 4.79 Å². The van der Waals surface area contributed by atoms with Crippen LogP contribution in [0.1, 0.15) is 23.6 Å². The highest BCUT2D eigenvalue weighted by molar-refractivity contribution is 5.75. The van der Waals surface area contributed by atoms with Gasteiger partial charge in [-0.1, -0.05) is 72.8 Å². The zero-order chi connectivity index (χ0) is 20.6. The summed E-state index contributed by atoms with van der Waals surface area (Å²) in [5, 5.41) is 6.13. The van der Waals surface area contributed by atoms with Crippen LogP contribution >= 0.6 is 0 Å². The zero-order valence-corrected chi connectivity index (χ0v) is 16.9. The predicted molar refractivity (Wildman–Crippen MR) is 120 cm³/mol. The number of para-hydroxylation sites is 2. The lowest BCUT2D eigenvalue weighted by Gasteiger charge is -2.20. The van der Waals surface area contributed by atoms with Crippen LogP contribution in [0, 0.1) is 0 Å². The SMILES string of the molecule is O=C(NCCCn1cnc2ccccc21)N[C@H](Cc1ccccc1)c1ccccc1. The molecule has 0 saturated heterocycles. The van der Waals surface area contributed by atoms with Gasteiger partial charge < -0.3 is 15.2 Å². The molecule has 30 heavy (non-hydrogen) atoms. The molecule has 2 amide bonds. The Balaban J connectivity index is 1.31. The fraction of sp³-hybridized carbons (Fsp3) is 0.200. The van der Waals surface area contributed by atoms with Crippen LogP contribution in [-0.4, -0.2) is 22.1 Å². The minimum absolute atomic E-state index is 0.0776. The van der Waals surface area contributed by atoms with Crippen LogP contribution in [-0.2, 0) is 13.0 Å². The Morgan fingerprint density at radius 2 is 1.60 bits per heavy atom. The largest absolute Gasteiger partial charge is 0.338 e. The van der Waals surface area contributed by atoms with E-state index in [0.717, 1.165) is 36.0 Å². The van der Waals surface area contributed by atoms with Crippen molar-refractivity contribution in [2.24, 2.45) is 0 Å². The van der Waals surface area contributed by atoms with Crippen LogP contribution in [0.3, 0.4) is 0 Å². The van der Waals surface area contributed by atoms with E-state index in [1.165, 1.54) is 5.56 Å². The molecule has 1 atom stereocenters. The number of hydrogen-bond acceptors (Lipinski definition) is 2. The van der Waals surface area contributed by atoms with E-state index >= 15 is 0 Å². The van der Waals surface area contributed by atoms with Crippen molar-refractivity contribution in [3.8, 4) is 0 Å². The van der Waals surface area contributed by atoms with Crippen molar-refractivity contribution < 1.29 is 4.79 Å².